The fourth-order valence-corrected chi connectivity index (χ4v) is 5.79. The molecular weight excluding hydrogens is 326 g/mol. The first kappa shape index (κ1) is 16.0. The number of hydrogen-bond acceptors (Lipinski definition) is 3. The zero-order valence-electron chi connectivity index (χ0n) is 14.9. The van der Waals surface area contributed by atoms with Gasteiger partial charge >= 0.3 is 0 Å². The average molecular weight is 351 g/mol. The Hall–Kier alpha value is -2.23. The van der Waals surface area contributed by atoms with Crippen LogP contribution < -0.4 is 10.1 Å². The molecule has 1 aromatic heterocycles. The Labute approximate surface area is 153 Å². The number of ether oxygens (including phenoxy) is 1. The molecule has 3 fully saturated rings. The third-order valence-electron chi connectivity index (χ3n) is 6.84. The van der Waals surface area contributed by atoms with Gasteiger partial charge in [0.05, 0.1) is 6.26 Å². The molecule has 3 saturated carbocycles. The number of amides is 1. The summed E-state index contributed by atoms with van der Waals surface area (Å²) in [5, 5.41) is 3.28. The van der Waals surface area contributed by atoms with Crippen LogP contribution in [0.2, 0.25) is 0 Å². The number of benzene rings is 1. The molecule has 5 atom stereocenters. The van der Waals surface area contributed by atoms with E-state index in [1.54, 1.807) is 6.26 Å². The van der Waals surface area contributed by atoms with E-state index < -0.39 is 0 Å². The fraction of sp³-hybridized carbons (Fsp3) is 0.500. The van der Waals surface area contributed by atoms with Crippen molar-refractivity contribution in [2.45, 2.75) is 44.8 Å². The maximum Gasteiger partial charge on any atom is 0.287 e. The summed E-state index contributed by atoms with van der Waals surface area (Å²) < 4.78 is 11.3. The number of hydrogen-bond donors (Lipinski definition) is 1. The average Bonchev–Trinajstić information content (AvgIpc) is 3.41. The van der Waals surface area contributed by atoms with E-state index in [0.717, 1.165) is 35.5 Å². The smallest absolute Gasteiger partial charge is 0.287 e. The van der Waals surface area contributed by atoms with Gasteiger partial charge in [-0.3, -0.25) is 4.79 Å². The van der Waals surface area contributed by atoms with Crippen LogP contribution in [0.5, 0.6) is 5.75 Å². The molecule has 2 bridgehead atoms. The summed E-state index contributed by atoms with van der Waals surface area (Å²) in [5.41, 5.74) is 0.799. The van der Waals surface area contributed by atoms with E-state index >= 15 is 0 Å². The molecule has 1 N–H and O–H groups in total. The number of carbonyl (C=O) groups excluding carboxylic acids is 1. The zero-order valence-corrected chi connectivity index (χ0v) is 14.9. The first-order chi connectivity index (χ1) is 12.8. The van der Waals surface area contributed by atoms with Gasteiger partial charge in [-0.25, -0.2) is 0 Å². The highest BCUT2D eigenvalue weighted by Crippen LogP contribution is 2.58. The molecule has 1 amide bonds. The zero-order chi connectivity index (χ0) is 17.5. The van der Waals surface area contributed by atoms with Gasteiger partial charge in [-0.1, -0.05) is 24.6 Å². The second kappa shape index (κ2) is 6.49. The van der Waals surface area contributed by atoms with Crippen molar-refractivity contribution in [2.24, 2.45) is 23.7 Å². The first-order valence-electron chi connectivity index (χ1n) is 9.84. The highest BCUT2D eigenvalue weighted by atomic mass is 16.5. The van der Waals surface area contributed by atoms with Crippen LogP contribution in [0.4, 0.5) is 0 Å². The van der Waals surface area contributed by atoms with Crippen molar-refractivity contribution in [3.8, 4) is 5.75 Å². The molecular formula is C22H25NO3. The molecule has 5 rings (SSSR count). The predicted molar refractivity (Wildman–Crippen MR) is 97.8 cm³/mol. The van der Waals surface area contributed by atoms with Crippen LogP contribution in [0.1, 0.15) is 48.2 Å². The van der Waals surface area contributed by atoms with Gasteiger partial charge in [0.25, 0.3) is 5.91 Å². The van der Waals surface area contributed by atoms with Crippen molar-refractivity contribution in [1.82, 2.24) is 5.32 Å². The largest absolute Gasteiger partial charge is 0.489 e. The molecule has 136 valence electrons. The summed E-state index contributed by atoms with van der Waals surface area (Å²) in [5.74, 6) is 4.38. The minimum Gasteiger partial charge on any atom is -0.489 e. The van der Waals surface area contributed by atoms with Gasteiger partial charge in [0.15, 0.2) is 5.76 Å². The Morgan fingerprint density at radius 2 is 1.92 bits per heavy atom. The maximum absolute atomic E-state index is 12.8. The van der Waals surface area contributed by atoms with E-state index in [9.17, 15) is 4.79 Å². The van der Waals surface area contributed by atoms with E-state index in [1.165, 1.54) is 25.7 Å². The number of fused-ring (bicyclic) bond motifs is 5. The van der Waals surface area contributed by atoms with E-state index in [1.807, 2.05) is 36.4 Å². The van der Waals surface area contributed by atoms with Crippen molar-refractivity contribution < 1.29 is 13.9 Å². The normalized spacial score (nSPS) is 31.8. The number of para-hydroxylation sites is 1. The van der Waals surface area contributed by atoms with Crippen molar-refractivity contribution in [3.63, 3.8) is 0 Å². The van der Waals surface area contributed by atoms with Gasteiger partial charge in [-0.2, -0.15) is 0 Å². The molecule has 2 aromatic rings. The van der Waals surface area contributed by atoms with E-state index in [0.29, 0.717) is 24.3 Å². The molecule has 1 aromatic carbocycles. The van der Waals surface area contributed by atoms with Gasteiger partial charge in [0.2, 0.25) is 0 Å². The van der Waals surface area contributed by atoms with Crippen molar-refractivity contribution in [3.05, 3.63) is 54.0 Å². The minimum absolute atomic E-state index is 0.0891. The minimum atomic E-state index is -0.0891. The molecule has 5 unspecified atom stereocenters. The number of nitrogens with one attached hydrogen (secondary N) is 1. The molecule has 3 aliphatic carbocycles. The van der Waals surface area contributed by atoms with Gasteiger partial charge in [-0.05, 0) is 67.6 Å². The molecule has 0 spiro atoms. The second-order valence-electron chi connectivity index (χ2n) is 8.11. The molecule has 0 radical (unpaired) electrons. The SMILES string of the molecule is O=C(NC1CC2CC1C1CCCC21)c1occc1COc1ccccc1. The number of furan rings is 1. The summed E-state index contributed by atoms with van der Waals surface area (Å²) in [7, 11) is 0. The lowest BCUT2D eigenvalue weighted by molar-refractivity contribution is 0.0869. The Kier molecular flexibility index (Phi) is 3.99. The van der Waals surface area contributed by atoms with Crippen LogP contribution in [0.15, 0.2) is 47.1 Å². The van der Waals surface area contributed by atoms with Crippen molar-refractivity contribution in [1.29, 1.82) is 0 Å². The van der Waals surface area contributed by atoms with Crippen LogP contribution in [0, 0.1) is 23.7 Å². The lowest BCUT2D eigenvalue weighted by Gasteiger charge is -2.31. The molecule has 4 heteroatoms. The van der Waals surface area contributed by atoms with Gasteiger partial charge < -0.3 is 14.5 Å². The Bertz CT molecular complexity index is 784. The van der Waals surface area contributed by atoms with Crippen LogP contribution in [0.25, 0.3) is 0 Å². The fourth-order valence-electron chi connectivity index (χ4n) is 5.79. The van der Waals surface area contributed by atoms with Crippen LogP contribution in [0.3, 0.4) is 0 Å². The molecule has 26 heavy (non-hydrogen) atoms. The predicted octanol–water partition coefficient (Wildman–Crippen LogP) is 4.41. The summed E-state index contributed by atoms with van der Waals surface area (Å²) in [6.07, 6.45) is 8.17. The van der Waals surface area contributed by atoms with E-state index in [-0.39, 0.29) is 5.91 Å². The monoisotopic (exact) mass is 351 g/mol. The van der Waals surface area contributed by atoms with Crippen molar-refractivity contribution >= 4 is 5.91 Å². The summed E-state index contributed by atoms with van der Waals surface area (Å²) >= 11 is 0. The molecule has 0 aliphatic heterocycles. The summed E-state index contributed by atoms with van der Waals surface area (Å²) in [6.45, 7) is 0.338. The lowest BCUT2D eigenvalue weighted by atomic mass is 9.79. The summed E-state index contributed by atoms with van der Waals surface area (Å²) in [4.78, 5) is 12.8. The van der Waals surface area contributed by atoms with Crippen LogP contribution in [-0.2, 0) is 6.61 Å². The van der Waals surface area contributed by atoms with E-state index in [4.69, 9.17) is 9.15 Å². The molecule has 0 saturated heterocycles. The topological polar surface area (TPSA) is 51.5 Å². The molecule has 1 heterocycles. The lowest BCUT2D eigenvalue weighted by Crippen LogP contribution is -2.42. The number of carbonyl (C=O) groups is 1. The number of rotatable bonds is 5. The standard InChI is InChI=1S/C22H25NO3/c24-22(23-20-12-15-11-19(20)18-8-4-7-17(15)18)21-14(9-10-25-21)13-26-16-5-2-1-3-6-16/h1-3,5-6,9-10,15,17-20H,4,7-8,11-13H2,(H,23,24). The highest BCUT2D eigenvalue weighted by molar-refractivity contribution is 5.93. The maximum atomic E-state index is 12.8. The third-order valence-corrected chi connectivity index (χ3v) is 6.84. The Morgan fingerprint density at radius 3 is 2.81 bits per heavy atom. The van der Waals surface area contributed by atoms with Gasteiger partial charge in [0, 0.05) is 11.6 Å². The molecule has 3 aliphatic rings. The molecule has 4 nitrogen and oxygen atoms in total. The first-order valence-corrected chi connectivity index (χ1v) is 9.84. The second-order valence-corrected chi connectivity index (χ2v) is 8.11. The third kappa shape index (κ3) is 2.72. The Balaban J connectivity index is 1.24. The van der Waals surface area contributed by atoms with E-state index in [2.05, 4.69) is 5.32 Å². The van der Waals surface area contributed by atoms with Crippen LogP contribution >= 0.6 is 0 Å². The quantitative estimate of drug-likeness (QED) is 0.868. The Morgan fingerprint density at radius 1 is 1.08 bits per heavy atom. The highest BCUT2D eigenvalue weighted by Gasteiger charge is 2.54. The van der Waals surface area contributed by atoms with Crippen LogP contribution in [-0.4, -0.2) is 11.9 Å². The van der Waals surface area contributed by atoms with Gasteiger partial charge in [-0.15, -0.1) is 0 Å². The summed E-state index contributed by atoms with van der Waals surface area (Å²) in [6, 6.07) is 11.8. The van der Waals surface area contributed by atoms with Crippen molar-refractivity contribution in [2.75, 3.05) is 0 Å². The van der Waals surface area contributed by atoms with Gasteiger partial charge in [0.1, 0.15) is 12.4 Å².